The Morgan fingerprint density at radius 3 is 2.43 bits per heavy atom. The predicted molar refractivity (Wildman–Crippen MR) is 109 cm³/mol. The monoisotopic (exact) mass is 430 g/mol. The summed E-state index contributed by atoms with van der Waals surface area (Å²) in [4.78, 5) is 8.96. The van der Waals surface area contributed by atoms with Crippen molar-refractivity contribution >= 4 is 41.5 Å². The summed E-state index contributed by atoms with van der Waals surface area (Å²) < 4.78 is 38.4. The molecule has 0 bridgehead atoms. The van der Waals surface area contributed by atoms with Gasteiger partial charge in [-0.2, -0.15) is 13.2 Å². The summed E-state index contributed by atoms with van der Waals surface area (Å²) in [5, 5.41) is 7.58. The van der Waals surface area contributed by atoms with E-state index in [4.69, 9.17) is 0 Å². The molecule has 0 amide bonds. The molecule has 0 aliphatic carbocycles. The normalized spacial score (nSPS) is 16.3. The number of alkyl halides is 3. The van der Waals surface area contributed by atoms with Crippen molar-refractivity contribution in [1.29, 1.82) is 0 Å². The number of hydrogen-bond donors (Lipinski definition) is 2. The molecule has 3 aromatic rings. The van der Waals surface area contributed by atoms with Crippen LogP contribution in [0.25, 0.3) is 22.0 Å². The molecule has 1 aromatic carbocycles. The van der Waals surface area contributed by atoms with Crippen LogP contribution in [-0.4, -0.2) is 29.1 Å². The fourth-order valence-corrected chi connectivity index (χ4v) is 3.21. The van der Waals surface area contributed by atoms with Gasteiger partial charge >= 0.3 is 6.18 Å². The number of anilines is 1. The van der Waals surface area contributed by atoms with E-state index >= 15 is 0 Å². The van der Waals surface area contributed by atoms with Crippen LogP contribution in [-0.2, 0) is 6.18 Å². The Bertz CT molecular complexity index is 927. The topological polar surface area (TPSA) is 49.8 Å². The molecule has 2 N–H and O–H groups in total. The first-order valence-corrected chi connectivity index (χ1v) is 8.41. The predicted octanol–water partition coefficient (Wildman–Crippen LogP) is 4.93. The molecular formula is C19H19Cl2F3N4. The van der Waals surface area contributed by atoms with Crippen LogP contribution in [0.3, 0.4) is 0 Å². The second-order valence-electron chi connectivity index (χ2n) is 6.33. The average Bonchev–Trinajstić information content (AvgIpc) is 3.15. The van der Waals surface area contributed by atoms with Crippen LogP contribution in [0.1, 0.15) is 12.0 Å². The lowest BCUT2D eigenvalue weighted by atomic mass is 10.0. The first kappa shape index (κ1) is 22.2. The Hall–Kier alpha value is -2.09. The van der Waals surface area contributed by atoms with Crippen molar-refractivity contribution in [3.63, 3.8) is 0 Å². The molecule has 0 radical (unpaired) electrons. The molecule has 0 unspecified atom stereocenters. The van der Waals surface area contributed by atoms with E-state index in [0.29, 0.717) is 17.2 Å². The second kappa shape index (κ2) is 8.94. The number of fused-ring (bicyclic) bond motifs is 1. The highest BCUT2D eigenvalue weighted by Gasteiger charge is 2.30. The minimum atomic E-state index is -4.35. The van der Waals surface area contributed by atoms with E-state index in [1.807, 2.05) is 12.1 Å². The zero-order valence-electron chi connectivity index (χ0n) is 14.7. The first-order chi connectivity index (χ1) is 12.5. The zero-order chi connectivity index (χ0) is 18.1. The Morgan fingerprint density at radius 1 is 1.04 bits per heavy atom. The van der Waals surface area contributed by atoms with Crippen LogP contribution >= 0.6 is 24.8 Å². The third kappa shape index (κ3) is 4.48. The molecule has 0 spiro atoms. The molecule has 1 aliphatic rings. The Labute approximate surface area is 172 Å². The number of pyridine rings is 2. The third-order valence-electron chi connectivity index (χ3n) is 4.57. The van der Waals surface area contributed by atoms with Gasteiger partial charge in [0, 0.05) is 35.9 Å². The van der Waals surface area contributed by atoms with E-state index < -0.39 is 11.7 Å². The van der Waals surface area contributed by atoms with Gasteiger partial charge in [0.1, 0.15) is 5.82 Å². The van der Waals surface area contributed by atoms with Gasteiger partial charge in [-0.05, 0) is 42.8 Å². The number of halogens is 5. The first-order valence-electron chi connectivity index (χ1n) is 8.41. The zero-order valence-corrected chi connectivity index (χ0v) is 16.3. The van der Waals surface area contributed by atoms with Gasteiger partial charge in [0.2, 0.25) is 0 Å². The highest BCUT2D eigenvalue weighted by Crippen LogP contribution is 2.34. The van der Waals surface area contributed by atoms with E-state index in [-0.39, 0.29) is 24.8 Å². The van der Waals surface area contributed by atoms with Gasteiger partial charge in [0.15, 0.2) is 0 Å². The smallest absolute Gasteiger partial charge is 0.365 e. The summed E-state index contributed by atoms with van der Waals surface area (Å²) in [6.07, 6.45) is 0.0176. The largest absolute Gasteiger partial charge is 0.416 e. The second-order valence-corrected chi connectivity index (χ2v) is 6.33. The van der Waals surface area contributed by atoms with E-state index in [9.17, 15) is 13.2 Å². The lowest BCUT2D eigenvalue weighted by Crippen LogP contribution is -2.22. The molecule has 4 rings (SSSR count). The van der Waals surface area contributed by atoms with Crippen LogP contribution in [0.5, 0.6) is 0 Å². The lowest BCUT2D eigenvalue weighted by Gasteiger charge is -2.15. The van der Waals surface area contributed by atoms with Crippen LogP contribution in [0.15, 0.2) is 48.8 Å². The van der Waals surface area contributed by atoms with Gasteiger partial charge < -0.3 is 10.6 Å². The van der Waals surface area contributed by atoms with E-state index in [1.165, 1.54) is 12.1 Å². The summed E-state index contributed by atoms with van der Waals surface area (Å²) in [5.74, 6) is 0.748. The number of benzene rings is 1. The maximum absolute atomic E-state index is 12.8. The summed E-state index contributed by atoms with van der Waals surface area (Å²) in [5.41, 5.74) is 1.42. The number of nitrogens with zero attached hydrogens (tertiary/aromatic N) is 2. The number of rotatable bonds is 3. The van der Waals surface area contributed by atoms with Crippen molar-refractivity contribution in [3.8, 4) is 11.1 Å². The Kier molecular flexibility index (Phi) is 7.09. The van der Waals surface area contributed by atoms with Crippen LogP contribution in [0.2, 0.25) is 0 Å². The highest BCUT2D eigenvalue weighted by molar-refractivity contribution is 5.99. The van der Waals surface area contributed by atoms with Crippen molar-refractivity contribution in [2.45, 2.75) is 18.6 Å². The molecular weight excluding hydrogens is 412 g/mol. The lowest BCUT2D eigenvalue weighted by molar-refractivity contribution is -0.137. The molecule has 1 saturated heterocycles. The highest BCUT2D eigenvalue weighted by atomic mass is 35.5. The number of hydrogen-bond acceptors (Lipinski definition) is 4. The van der Waals surface area contributed by atoms with Crippen molar-refractivity contribution in [3.05, 3.63) is 54.4 Å². The van der Waals surface area contributed by atoms with Gasteiger partial charge in [-0.15, -0.1) is 24.8 Å². The van der Waals surface area contributed by atoms with Crippen molar-refractivity contribution in [1.82, 2.24) is 15.3 Å². The average molecular weight is 431 g/mol. The van der Waals surface area contributed by atoms with Crippen LogP contribution in [0.4, 0.5) is 19.0 Å². The number of nitrogens with one attached hydrogen (secondary N) is 2. The molecule has 150 valence electrons. The number of aromatic nitrogens is 2. The van der Waals surface area contributed by atoms with Crippen LogP contribution in [0, 0.1) is 0 Å². The van der Waals surface area contributed by atoms with Gasteiger partial charge in [-0.3, -0.25) is 4.98 Å². The molecule has 1 atom stereocenters. The van der Waals surface area contributed by atoms with Crippen LogP contribution < -0.4 is 10.6 Å². The molecule has 28 heavy (non-hydrogen) atoms. The minimum Gasteiger partial charge on any atom is -0.365 e. The maximum Gasteiger partial charge on any atom is 0.416 e. The molecule has 1 aliphatic heterocycles. The van der Waals surface area contributed by atoms with Crippen molar-refractivity contribution < 1.29 is 13.2 Å². The van der Waals surface area contributed by atoms with E-state index in [0.717, 1.165) is 48.4 Å². The van der Waals surface area contributed by atoms with E-state index in [1.54, 1.807) is 12.4 Å². The van der Waals surface area contributed by atoms with Gasteiger partial charge in [0.05, 0.1) is 11.1 Å². The van der Waals surface area contributed by atoms with Gasteiger partial charge in [-0.1, -0.05) is 12.1 Å². The maximum atomic E-state index is 12.8. The molecule has 0 saturated carbocycles. The quantitative estimate of drug-likeness (QED) is 0.618. The Balaban J connectivity index is 0.00000140. The summed E-state index contributed by atoms with van der Waals surface area (Å²) in [6.45, 7) is 1.85. The minimum absolute atomic E-state index is 0. The van der Waals surface area contributed by atoms with Gasteiger partial charge in [0.25, 0.3) is 0 Å². The summed E-state index contributed by atoms with van der Waals surface area (Å²) >= 11 is 0. The third-order valence-corrected chi connectivity index (χ3v) is 4.57. The fraction of sp³-hybridized carbons (Fsp3) is 0.263. The molecule has 9 heteroatoms. The molecule has 1 fully saturated rings. The van der Waals surface area contributed by atoms with Gasteiger partial charge in [-0.25, -0.2) is 4.98 Å². The fourth-order valence-electron chi connectivity index (χ4n) is 3.21. The summed E-state index contributed by atoms with van der Waals surface area (Å²) in [6, 6.07) is 9.15. The standard InChI is InChI=1S/C19H17F3N4.2ClH/c20-19(21,22)13-5-3-12(4-6-13)16-11-25-18(26-14-7-9-23-10-14)15-2-1-8-24-17(15)16;;/h1-6,8,11,14,23H,7,9-10H2,(H,25,26);2*1H/t14-;;/m0../s1. The summed E-state index contributed by atoms with van der Waals surface area (Å²) in [7, 11) is 0. The molecule has 4 nitrogen and oxygen atoms in total. The van der Waals surface area contributed by atoms with Crippen molar-refractivity contribution in [2.75, 3.05) is 18.4 Å². The van der Waals surface area contributed by atoms with E-state index in [2.05, 4.69) is 20.6 Å². The Morgan fingerprint density at radius 2 is 1.79 bits per heavy atom. The molecule has 2 aromatic heterocycles. The van der Waals surface area contributed by atoms with Crippen molar-refractivity contribution in [2.24, 2.45) is 0 Å². The molecule has 3 heterocycles. The SMILES string of the molecule is Cl.Cl.FC(F)(F)c1ccc(-c2cnc(N[C@H]3CCNC3)c3cccnc23)cc1.